The van der Waals surface area contributed by atoms with E-state index in [1.807, 2.05) is 19.0 Å². The van der Waals surface area contributed by atoms with Crippen LogP contribution in [0.15, 0.2) is 24.3 Å². The fourth-order valence-electron chi connectivity index (χ4n) is 2.73. The third-order valence-corrected chi connectivity index (χ3v) is 4.15. The van der Waals surface area contributed by atoms with Crippen LogP contribution in [0, 0.1) is 16.0 Å². The molecule has 7 heteroatoms. The smallest absolute Gasteiger partial charge is 0.269 e. The van der Waals surface area contributed by atoms with Crippen LogP contribution in [0.4, 0.5) is 11.4 Å². The van der Waals surface area contributed by atoms with Crippen molar-refractivity contribution in [1.29, 1.82) is 0 Å². The zero-order chi connectivity index (χ0) is 16.8. The summed E-state index contributed by atoms with van der Waals surface area (Å²) in [5.74, 6) is 0.196. The van der Waals surface area contributed by atoms with Crippen LogP contribution in [-0.4, -0.2) is 56.0 Å². The van der Waals surface area contributed by atoms with Gasteiger partial charge in [0.15, 0.2) is 0 Å². The van der Waals surface area contributed by atoms with Crippen molar-refractivity contribution in [2.75, 3.05) is 45.2 Å². The Kier molecular flexibility index (Phi) is 5.92. The Morgan fingerprint density at radius 1 is 1.30 bits per heavy atom. The topological polar surface area (TPSA) is 78.7 Å². The first-order valence-corrected chi connectivity index (χ1v) is 7.89. The number of nitro groups is 1. The van der Waals surface area contributed by atoms with Crippen LogP contribution in [0.5, 0.6) is 0 Å². The van der Waals surface area contributed by atoms with E-state index in [1.54, 1.807) is 12.1 Å². The molecule has 0 radical (unpaired) electrons. The van der Waals surface area contributed by atoms with Crippen LogP contribution in [0.3, 0.4) is 0 Å². The molecule has 2 rings (SSSR count). The summed E-state index contributed by atoms with van der Waals surface area (Å²) in [6.07, 6.45) is 1.62. The van der Waals surface area contributed by atoms with E-state index in [4.69, 9.17) is 0 Å². The van der Waals surface area contributed by atoms with Crippen LogP contribution < -0.4 is 10.2 Å². The number of carbonyl (C=O) groups is 1. The van der Waals surface area contributed by atoms with Crippen LogP contribution in [0.1, 0.15) is 12.8 Å². The average molecular weight is 320 g/mol. The monoisotopic (exact) mass is 320 g/mol. The zero-order valence-corrected chi connectivity index (χ0v) is 13.7. The van der Waals surface area contributed by atoms with Crippen molar-refractivity contribution in [3.63, 3.8) is 0 Å². The lowest BCUT2D eigenvalue weighted by molar-refractivity contribution is -0.384. The van der Waals surface area contributed by atoms with E-state index in [2.05, 4.69) is 10.2 Å². The molecule has 1 aromatic rings. The second kappa shape index (κ2) is 7.92. The van der Waals surface area contributed by atoms with Crippen molar-refractivity contribution in [2.45, 2.75) is 12.8 Å². The first-order valence-electron chi connectivity index (χ1n) is 7.89. The summed E-state index contributed by atoms with van der Waals surface area (Å²) in [4.78, 5) is 26.6. The van der Waals surface area contributed by atoms with Gasteiger partial charge < -0.3 is 15.1 Å². The summed E-state index contributed by atoms with van der Waals surface area (Å²) in [5.41, 5.74) is 1.07. The molecule has 1 aliphatic heterocycles. The maximum absolute atomic E-state index is 12.1. The minimum Gasteiger partial charge on any atom is -0.371 e. The standard InChI is InChI=1S/C16H24N4O3/c1-18(2)12-9-17-16(21)13-7-10-19(11-8-13)14-3-5-15(6-4-14)20(22)23/h3-6,13H,7-12H2,1-2H3,(H,17,21). The van der Waals surface area contributed by atoms with Crippen molar-refractivity contribution in [2.24, 2.45) is 5.92 Å². The number of hydrogen-bond acceptors (Lipinski definition) is 5. The predicted octanol–water partition coefficient (Wildman–Crippen LogP) is 1.49. The fourth-order valence-corrected chi connectivity index (χ4v) is 2.73. The molecule has 1 heterocycles. The van der Waals surface area contributed by atoms with Gasteiger partial charge in [0.25, 0.3) is 5.69 Å². The second-order valence-electron chi connectivity index (χ2n) is 6.13. The van der Waals surface area contributed by atoms with Gasteiger partial charge in [-0.1, -0.05) is 0 Å². The van der Waals surface area contributed by atoms with Gasteiger partial charge in [-0.05, 0) is 39.1 Å². The number of amides is 1. The number of piperidine rings is 1. The molecule has 1 N–H and O–H groups in total. The van der Waals surface area contributed by atoms with Gasteiger partial charge in [-0.15, -0.1) is 0 Å². The quantitative estimate of drug-likeness (QED) is 0.634. The molecule has 1 amide bonds. The summed E-state index contributed by atoms with van der Waals surface area (Å²) in [6, 6.07) is 6.59. The Bertz CT molecular complexity index is 537. The fraction of sp³-hybridized carbons (Fsp3) is 0.562. The highest BCUT2D eigenvalue weighted by Gasteiger charge is 2.25. The van der Waals surface area contributed by atoms with Crippen molar-refractivity contribution < 1.29 is 9.72 Å². The Hall–Kier alpha value is -2.15. The highest BCUT2D eigenvalue weighted by Crippen LogP contribution is 2.25. The molecule has 1 saturated heterocycles. The summed E-state index contributed by atoms with van der Waals surface area (Å²) in [5, 5.41) is 13.7. The van der Waals surface area contributed by atoms with E-state index in [-0.39, 0.29) is 17.5 Å². The first kappa shape index (κ1) is 17.2. The lowest BCUT2D eigenvalue weighted by Gasteiger charge is -2.33. The van der Waals surface area contributed by atoms with Crippen LogP contribution >= 0.6 is 0 Å². The minimum atomic E-state index is -0.395. The highest BCUT2D eigenvalue weighted by atomic mass is 16.6. The van der Waals surface area contributed by atoms with E-state index in [0.717, 1.165) is 38.2 Å². The van der Waals surface area contributed by atoms with E-state index < -0.39 is 4.92 Å². The summed E-state index contributed by atoms with van der Waals surface area (Å²) >= 11 is 0. The van der Waals surface area contributed by atoms with Crippen molar-refractivity contribution >= 4 is 17.3 Å². The average Bonchev–Trinajstić information content (AvgIpc) is 2.54. The van der Waals surface area contributed by atoms with Gasteiger partial charge in [-0.2, -0.15) is 0 Å². The van der Waals surface area contributed by atoms with Gasteiger partial charge in [0.2, 0.25) is 5.91 Å². The van der Waals surface area contributed by atoms with Crippen LogP contribution in [-0.2, 0) is 4.79 Å². The van der Waals surface area contributed by atoms with Gasteiger partial charge >= 0.3 is 0 Å². The molecule has 23 heavy (non-hydrogen) atoms. The number of nitrogens with zero attached hydrogens (tertiary/aromatic N) is 3. The molecule has 0 atom stereocenters. The number of hydrogen-bond donors (Lipinski definition) is 1. The van der Waals surface area contributed by atoms with E-state index in [0.29, 0.717) is 6.54 Å². The zero-order valence-electron chi connectivity index (χ0n) is 13.7. The lowest BCUT2D eigenvalue weighted by Crippen LogP contribution is -2.42. The van der Waals surface area contributed by atoms with E-state index in [1.165, 1.54) is 12.1 Å². The number of rotatable bonds is 6. The Morgan fingerprint density at radius 2 is 1.91 bits per heavy atom. The van der Waals surface area contributed by atoms with Crippen molar-refractivity contribution in [1.82, 2.24) is 10.2 Å². The van der Waals surface area contributed by atoms with Crippen molar-refractivity contribution in [3.8, 4) is 0 Å². The Labute approximate surface area is 136 Å². The van der Waals surface area contributed by atoms with Crippen molar-refractivity contribution in [3.05, 3.63) is 34.4 Å². The third-order valence-electron chi connectivity index (χ3n) is 4.15. The highest BCUT2D eigenvalue weighted by molar-refractivity contribution is 5.79. The largest absolute Gasteiger partial charge is 0.371 e. The molecular weight excluding hydrogens is 296 g/mol. The summed E-state index contributed by atoms with van der Waals surface area (Å²) < 4.78 is 0. The second-order valence-corrected chi connectivity index (χ2v) is 6.13. The number of likely N-dealkylation sites (N-methyl/N-ethyl adjacent to an activating group) is 1. The summed E-state index contributed by atoms with van der Waals surface area (Å²) in [6.45, 7) is 3.11. The molecule has 1 aromatic carbocycles. The molecular formula is C16H24N4O3. The number of non-ortho nitro benzene ring substituents is 1. The molecule has 1 fully saturated rings. The SMILES string of the molecule is CN(C)CCNC(=O)C1CCN(c2ccc([N+](=O)[O-])cc2)CC1. The minimum absolute atomic E-state index is 0.0615. The molecule has 126 valence electrons. The van der Waals surface area contributed by atoms with Gasteiger partial charge in [-0.25, -0.2) is 0 Å². The van der Waals surface area contributed by atoms with Gasteiger partial charge in [0.05, 0.1) is 4.92 Å². The molecule has 0 spiro atoms. The predicted molar refractivity (Wildman–Crippen MR) is 89.6 cm³/mol. The molecule has 1 aliphatic rings. The number of carbonyl (C=O) groups excluding carboxylic acids is 1. The van der Waals surface area contributed by atoms with Crippen LogP contribution in [0.25, 0.3) is 0 Å². The Morgan fingerprint density at radius 3 is 2.43 bits per heavy atom. The number of anilines is 1. The molecule has 0 aromatic heterocycles. The third kappa shape index (κ3) is 4.92. The molecule has 0 bridgehead atoms. The molecule has 0 unspecified atom stereocenters. The lowest BCUT2D eigenvalue weighted by atomic mass is 9.95. The Balaban J connectivity index is 1.81. The van der Waals surface area contributed by atoms with E-state index >= 15 is 0 Å². The normalized spacial score (nSPS) is 15.7. The first-order chi connectivity index (χ1) is 11.0. The number of benzene rings is 1. The molecule has 0 saturated carbocycles. The van der Waals surface area contributed by atoms with Gasteiger partial charge in [0.1, 0.15) is 0 Å². The van der Waals surface area contributed by atoms with Crippen LogP contribution in [0.2, 0.25) is 0 Å². The number of nitrogens with one attached hydrogen (secondary N) is 1. The summed E-state index contributed by atoms with van der Waals surface area (Å²) in [7, 11) is 3.96. The van der Waals surface area contributed by atoms with Gasteiger partial charge in [0, 0.05) is 49.9 Å². The number of nitro benzene ring substituents is 1. The maximum Gasteiger partial charge on any atom is 0.269 e. The maximum atomic E-state index is 12.1. The molecule has 7 nitrogen and oxygen atoms in total. The van der Waals surface area contributed by atoms with E-state index in [9.17, 15) is 14.9 Å². The van der Waals surface area contributed by atoms with Gasteiger partial charge in [-0.3, -0.25) is 14.9 Å². The molecule has 0 aliphatic carbocycles.